The van der Waals surface area contributed by atoms with E-state index in [1.807, 2.05) is 0 Å². The topological polar surface area (TPSA) is 44.5 Å². The summed E-state index contributed by atoms with van der Waals surface area (Å²) in [6.07, 6.45) is 5.86. The molecule has 0 heterocycles. The van der Waals surface area contributed by atoms with Crippen molar-refractivity contribution in [3.05, 3.63) is 90.0 Å². The molecule has 0 bridgehead atoms. The maximum absolute atomic E-state index is 7.80. The first kappa shape index (κ1) is 26.8. The van der Waals surface area contributed by atoms with Gasteiger partial charge in [-0.1, -0.05) is 94.4 Å². The van der Waals surface area contributed by atoms with Crippen LogP contribution in [0.2, 0.25) is 5.04 Å². The van der Waals surface area contributed by atoms with Crippen molar-refractivity contribution >= 4 is 18.7 Å². The molecule has 3 aromatic rings. The van der Waals surface area contributed by atoms with Crippen molar-refractivity contribution in [1.82, 2.24) is 0 Å². The second-order valence-corrected chi connectivity index (χ2v) is 17.9. The fourth-order valence-corrected chi connectivity index (χ4v) is 13.7. The number of nitrogens with two attached hydrogens (primary N) is 1. The van der Waals surface area contributed by atoms with Crippen LogP contribution < -0.4 is 20.8 Å². The Kier molecular flexibility index (Phi) is 6.80. The Hall–Kier alpha value is -2.40. The van der Waals surface area contributed by atoms with Crippen LogP contribution in [-0.4, -0.2) is 27.6 Å². The summed E-state index contributed by atoms with van der Waals surface area (Å²) in [5, 5.41) is 2.64. The van der Waals surface area contributed by atoms with Gasteiger partial charge in [0.25, 0.3) is 8.32 Å². The molecular formula is C35H45NO2Si. The molecule has 3 aliphatic carbocycles. The van der Waals surface area contributed by atoms with Crippen molar-refractivity contribution in [2.24, 2.45) is 23.0 Å². The SMILES string of the molecule is COc1ccc2c(c1)CC[C@@H]1[C@@H]2CC[C@@]2(C)[C@H]1C[C@H](N)[C@@H]2O[Si](c1ccccc1)(c1ccccc1)C(C)(C)C. The van der Waals surface area contributed by atoms with Gasteiger partial charge in [0.1, 0.15) is 5.75 Å². The monoisotopic (exact) mass is 539 g/mol. The Morgan fingerprint density at radius 1 is 0.897 bits per heavy atom. The van der Waals surface area contributed by atoms with E-state index in [-0.39, 0.29) is 22.6 Å². The quantitative estimate of drug-likeness (QED) is 0.380. The van der Waals surface area contributed by atoms with Gasteiger partial charge in [0.15, 0.2) is 0 Å². The molecule has 0 amide bonds. The molecule has 3 aliphatic rings. The summed E-state index contributed by atoms with van der Waals surface area (Å²) in [4.78, 5) is 0. The Labute approximate surface area is 236 Å². The van der Waals surface area contributed by atoms with Gasteiger partial charge in [-0.3, -0.25) is 0 Å². The van der Waals surface area contributed by atoms with Crippen molar-refractivity contribution in [3.8, 4) is 5.75 Å². The van der Waals surface area contributed by atoms with Gasteiger partial charge in [-0.25, -0.2) is 0 Å². The third-order valence-corrected chi connectivity index (χ3v) is 15.7. The van der Waals surface area contributed by atoms with E-state index in [0.717, 1.165) is 18.6 Å². The number of methoxy groups -OCH3 is 1. The van der Waals surface area contributed by atoms with Crippen LogP contribution in [-0.2, 0) is 10.8 Å². The maximum Gasteiger partial charge on any atom is 0.261 e. The molecule has 0 unspecified atom stereocenters. The minimum absolute atomic E-state index is 0.0482. The van der Waals surface area contributed by atoms with Crippen LogP contribution in [0.5, 0.6) is 5.75 Å². The van der Waals surface area contributed by atoms with Gasteiger partial charge < -0.3 is 14.9 Å². The minimum Gasteiger partial charge on any atom is -0.497 e. The zero-order valence-electron chi connectivity index (χ0n) is 24.3. The first-order valence-electron chi connectivity index (χ1n) is 14.9. The van der Waals surface area contributed by atoms with Crippen LogP contribution in [0.1, 0.15) is 70.4 Å². The first-order valence-corrected chi connectivity index (χ1v) is 16.8. The van der Waals surface area contributed by atoms with Crippen LogP contribution in [0, 0.1) is 17.3 Å². The molecule has 3 aromatic carbocycles. The molecule has 0 radical (unpaired) electrons. The molecule has 0 aromatic heterocycles. The largest absolute Gasteiger partial charge is 0.497 e. The first-order chi connectivity index (χ1) is 18.7. The average molecular weight is 540 g/mol. The molecule has 0 saturated heterocycles. The summed E-state index contributed by atoms with van der Waals surface area (Å²) in [5.41, 5.74) is 10.3. The zero-order chi connectivity index (χ0) is 27.4. The van der Waals surface area contributed by atoms with Crippen molar-refractivity contribution < 1.29 is 9.16 Å². The van der Waals surface area contributed by atoms with Gasteiger partial charge in [0.2, 0.25) is 0 Å². The fraction of sp³-hybridized carbons (Fsp3) is 0.486. The van der Waals surface area contributed by atoms with Crippen molar-refractivity contribution in [2.75, 3.05) is 7.11 Å². The summed E-state index contributed by atoms with van der Waals surface area (Å²) in [6, 6.07) is 29.0. The highest BCUT2D eigenvalue weighted by molar-refractivity contribution is 6.99. The number of ether oxygens (including phenoxy) is 1. The lowest BCUT2D eigenvalue weighted by Gasteiger charge is -2.53. The van der Waals surface area contributed by atoms with Crippen LogP contribution in [0.15, 0.2) is 78.9 Å². The van der Waals surface area contributed by atoms with E-state index in [0.29, 0.717) is 17.8 Å². The summed E-state index contributed by atoms with van der Waals surface area (Å²) >= 11 is 0. The number of hydrogen-bond acceptors (Lipinski definition) is 3. The van der Waals surface area contributed by atoms with Gasteiger partial charge in [-0.15, -0.1) is 0 Å². The molecule has 2 N–H and O–H groups in total. The van der Waals surface area contributed by atoms with E-state index in [1.54, 1.807) is 12.7 Å². The highest BCUT2D eigenvalue weighted by Crippen LogP contribution is 2.62. The van der Waals surface area contributed by atoms with Gasteiger partial charge in [0, 0.05) is 6.04 Å². The maximum atomic E-state index is 7.80. The average Bonchev–Trinajstić information content (AvgIpc) is 3.20. The number of aryl methyl sites for hydroxylation is 1. The van der Waals surface area contributed by atoms with E-state index < -0.39 is 8.32 Å². The van der Waals surface area contributed by atoms with E-state index >= 15 is 0 Å². The van der Waals surface area contributed by atoms with Crippen LogP contribution in [0.4, 0.5) is 0 Å². The molecule has 0 spiro atoms. The minimum atomic E-state index is -2.69. The molecule has 6 atom stereocenters. The Morgan fingerprint density at radius 3 is 2.13 bits per heavy atom. The smallest absolute Gasteiger partial charge is 0.261 e. The predicted molar refractivity (Wildman–Crippen MR) is 163 cm³/mol. The number of hydrogen-bond donors (Lipinski definition) is 1. The highest BCUT2D eigenvalue weighted by Gasteiger charge is 2.62. The highest BCUT2D eigenvalue weighted by atomic mass is 28.4. The predicted octanol–water partition coefficient (Wildman–Crippen LogP) is 6.43. The van der Waals surface area contributed by atoms with E-state index in [1.165, 1.54) is 35.2 Å². The molecule has 39 heavy (non-hydrogen) atoms. The Morgan fingerprint density at radius 2 is 1.54 bits per heavy atom. The lowest BCUT2D eigenvalue weighted by atomic mass is 9.55. The van der Waals surface area contributed by atoms with Gasteiger partial charge in [-0.2, -0.15) is 0 Å². The van der Waals surface area contributed by atoms with Crippen molar-refractivity contribution in [3.63, 3.8) is 0 Å². The van der Waals surface area contributed by atoms with Crippen LogP contribution in [0.3, 0.4) is 0 Å². The normalized spacial score (nSPS) is 30.3. The Balaban J connectivity index is 1.40. The molecular weight excluding hydrogens is 494 g/mol. The molecule has 4 heteroatoms. The van der Waals surface area contributed by atoms with Crippen molar-refractivity contribution in [2.45, 2.75) is 82.9 Å². The summed E-state index contributed by atoms with van der Waals surface area (Å²) in [5.74, 6) is 2.86. The summed E-state index contributed by atoms with van der Waals surface area (Å²) < 4.78 is 13.3. The van der Waals surface area contributed by atoms with Crippen LogP contribution in [0.25, 0.3) is 0 Å². The van der Waals surface area contributed by atoms with Crippen LogP contribution >= 0.6 is 0 Å². The third kappa shape index (κ3) is 4.22. The number of fused-ring (bicyclic) bond motifs is 5. The molecule has 206 valence electrons. The third-order valence-electron chi connectivity index (χ3n) is 10.7. The summed E-state index contributed by atoms with van der Waals surface area (Å²) in [7, 11) is -0.916. The van der Waals surface area contributed by atoms with Gasteiger partial charge >= 0.3 is 0 Å². The molecule has 2 saturated carbocycles. The van der Waals surface area contributed by atoms with Gasteiger partial charge in [-0.05, 0) is 93.9 Å². The van der Waals surface area contributed by atoms with E-state index in [9.17, 15) is 0 Å². The van der Waals surface area contributed by atoms with Crippen molar-refractivity contribution in [1.29, 1.82) is 0 Å². The second kappa shape index (κ2) is 9.90. The second-order valence-electron chi connectivity index (χ2n) is 13.6. The fourth-order valence-electron chi connectivity index (χ4n) is 8.84. The summed E-state index contributed by atoms with van der Waals surface area (Å²) in [6.45, 7) is 9.65. The Bertz CT molecular complexity index is 1260. The zero-order valence-corrected chi connectivity index (χ0v) is 25.3. The number of benzene rings is 3. The van der Waals surface area contributed by atoms with E-state index in [2.05, 4.69) is 107 Å². The molecule has 6 rings (SSSR count). The van der Waals surface area contributed by atoms with E-state index in [4.69, 9.17) is 14.9 Å². The molecule has 0 aliphatic heterocycles. The lowest BCUT2D eigenvalue weighted by molar-refractivity contribution is -0.0175. The lowest BCUT2D eigenvalue weighted by Crippen LogP contribution is -2.69. The molecule has 3 nitrogen and oxygen atoms in total. The van der Waals surface area contributed by atoms with Gasteiger partial charge in [0.05, 0.1) is 13.2 Å². The standard InChI is InChI=1S/C35H45NO2Si/c1-34(2,3)39(26-12-8-6-9-13-26,27-14-10-7-11-15-27)38-33-32(36)23-31-30-18-16-24-22-25(37-5)17-19-28(24)29(30)20-21-35(31,33)4/h6-15,17,19,22,29-33H,16,18,20-21,23,36H2,1-5H3/t29-,30-,31+,32+,33+,35+/m1/s1. The molecule has 2 fully saturated rings. The number of rotatable bonds is 5.